The molecule has 0 aromatic heterocycles. The number of benzene rings is 1. The fraction of sp³-hybridized carbons (Fsp3) is 0.500. The van der Waals surface area contributed by atoms with Gasteiger partial charge in [-0.2, -0.15) is 0 Å². The number of carbonyl (C=O) groups is 1. The normalized spacial score (nSPS) is 18.8. The highest BCUT2D eigenvalue weighted by Gasteiger charge is 2.20. The van der Waals surface area contributed by atoms with E-state index in [1.165, 1.54) is 6.07 Å². The molecule has 0 bridgehead atoms. The maximum absolute atomic E-state index is 13.6. The molecule has 0 radical (unpaired) electrons. The number of hydrogen-bond donors (Lipinski definition) is 2. The first-order valence-electron chi connectivity index (χ1n) is 6.71. The molecule has 1 atom stereocenters. The van der Waals surface area contributed by atoms with Crippen LogP contribution in [0.3, 0.4) is 0 Å². The number of amides is 1. The molecular formula is C14H18BrFN2O2. The number of halogens is 2. The number of carbonyl (C=O) groups excluding carboxylic acids is 1. The first-order valence-corrected chi connectivity index (χ1v) is 7.50. The Balaban J connectivity index is 1.69. The number of morpholine rings is 1. The summed E-state index contributed by atoms with van der Waals surface area (Å²) in [4.78, 5) is 11.8. The molecule has 20 heavy (non-hydrogen) atoms. The lowest BCUT2D eigenvalue weighted by molar-refractivity contribution is -0.134. The lowest BCUT2D eigenvalue weighted by atomic mass is 10.1. The fourth-order valence-electron chi connectivity index (χ4n) is 2.06. The summed E-state index contributed by atoms with van der Waals surface area (Å²) in [6, 6.07) is 5.03. The van der Waals surface area contributed by atoms with Crippen LogP contribution in [-0.2, 0) is 16.0 Å². The number of aryl methyl sites for hydroxylation is 1. The van der Waals surface area contributed by atoms with Crippen molar-refractivity contribution in [1.82, 2.24) is 10.6 Å². The van der Waals surface area contributed by atoms with Crippen LogP contribution in [0.5, 0.6) is 0 Å². The van der Waals surface area contributed by atoms with Crippen molar-refractivity contribution >= 4 is 21.8 Å². The Kier molecular flexibility index (Phi) is 5.94. The van der Waals surface area contributed by atoms with Gasteiger partial charge in [0.25, 0.3) is 0 Å². The van der Waals surface area contributed by atoms with Crippen LogP contribution in [0.15, 0.2) is 22.7 Å². The van der Waals surface area contributed by atoms with Crippen molar-refractivity contribution in [2.24, 2.45) is 0 Å². The van der Waals surface area contributed by atoms with Crippen molar-refractivity contribution < 1.29 is 13.9 Å². The smallest absolute Gasteiger partial charge is 0.250 e. The van der Waals surface area contributed by atoms with Gasteiger partial charge in [0, 0.05) is 24.1 Å². The monoisotopic (exact) mass is 344 g/mol. The van der Waals surface area contributed by atoms with E-state index in [4.69, 9.17) is 4.74 Å². The molecule has 1 aliphatic heterocycles. The van der Waals surface area contributed by atoms with E-state index in [-0.39, 0.29) is 11.7 Å². The van der Waals surface area contributed by atoms with E-state index in [9.17, 15) is 9.18 Å². The molecule has 0 spiro atoms. The Labute approximate surface area is 126 Å². The Morgan fingerprint density at radius 3 is 3.10 bits per heavy atom. The average molecular weight is 345 g/mol. The highest BCUT2D eigenvalue weighted by atomic mass is 79.9. The van der Waals surface area contributed by atoms with Gasteiger partial charge in [-0.25, -0.2) is 4.39 Å². The molecular weight excluding hydrogens is 327 g/mol. The Bertz CT molecular complexity index is 464. The number of nitrogens with one attached hydrogen (secondary N) is 2. The van der Waals surface area contributed by atoms with Crippen LogP contribution in [0.4, 0.5) is 4.39 Å². The zero-order valence-electron chi connectivity index (χ0n) is 11.1. The number of rotatable bonds is 5. The van der Waals surface area contributed by atoms with Crippen molar-refractivity contribution in [3.63, 3.8) is 0 Å². The van der Waals surface area contributed by atoms with Crippen molar-refractivity contribution in [1.29, 1.82) is 0 Å². The minimum absolute atomic E-state index is 0.103. The van der Waals surface area contributed by atoms with Crippen LogP contribution in [0, 0.1) is 5.82 Å². The fourth-order valence-corrected chi connectivity index (χ4v) is 2.40. The van der Waals surface area contributed by atoms with Crippen LogP contribution in [-0.4, -0.2) is 38.3 Å². The molecule has 4 nitrogen and oxygen atoms in total. The van der Waals surface area contributed by atoms with Crippen LogP contribution < -0.4 is 10.6 Å². The molecule has 1 aliphatic rings. The van der Waals surface area contributed by atoms with Gasteiger partial charge in [-0.15, -0.1) is 0 Å². The minimum Gasteiger partial charge on any atom is -0.366 e. The molecule has 0 saturated carbocycles. The summed E-state index contributed by atoms with van der Waals surface area (Å²) >= 11 is 3.22. The topological polar surface area (TPSA) is 50.4 Å². The van der Waals surface area contributed by atoms with Crippen molar-refractivity contribution in [3.05, 3.63) is 34.1 Å². The van der Waals surface area contributed by atoms with Gasteiger partial charge >= 0.3 is 0 Å². The molecule has 1 aromatic carbocycles. The minimum atomic E-state index is -0.409. The van der Waals surface area contributed by atoms with E-state index in [1.807, 2.05) is 6.07 Å². The largest absolute Gasteiger partial charge is 0.366 e. The first-order chi connectivity index (χ1) is 9.66. The number of ether oxygens (including phenoxy) is 1. The second-order valence-electron chi connectivity index (χ2n) is 4.69. The summed E-state index contributed by atoms with van der Waals surface area (Å²) in [7, 11) is 0. The highest BCUT2D eigenvalue weighted by Crippen LogP contribution is 2.16. The Morgan fingerprint density at radius 2 is 2.40 bits per heavy atom. The second kappa shape index (κ2) is 7.71. The van der Waals surface area contributed by atoms with Crippen LogP contribution >= 0.6 is 15.9 Å². The van der Waals surface area contributed by atoms with Gasteiger partial charge in [0.15, 0.2) is 0 Å². The van der Waals surface area contributed by atoms with Crippen molar-refractivity contribution in [2.45, 2.75) is 18.9 Å². The molecule has 2 rings (SSSR count). The van der Waals surface area contributed by atoms with Gasteiger partial charge in [-0.05, 0) is 30.5 Å². The first kappa shape index (κ1) is 15.4. The standard InChI is InChI=1S/C14H18BrFN2O2/c15-11-4-3-10(12(16)8-11)2-1-5-18-14(19)13-9-17-6-7-20-13/h3-4,8,13,17H,1-2,5-7,9H2,(H,18,19). The molecule has 1 saturated heterocycles. The van der Waals surface area contributed by atoms with E-state index in [0.717, 1.165) is 11.0 Å². The van der Waals surface area contributed by atoms with E-state index in [0.29, 0.717) is 38.1 Å². The number of hydrogen-bond acceptors (Lipinski definition) is 3. The molecule has 1 unspecified atom stereocenters. The lowest BCUT2D eigenvalue weighted by Crippen LogP contribution is -2.48. The Morgan fingerprint density at radius 1 is 1.55 bits per heavy atom. The zero-order chi connectivity index (χ0) is 14.4. The predicted octanol–water partition coefficient (Wildman–Crippen LogP) is 1.63. The SMILES string of the molecule is O=C(NCCCc1ccc(Br)cc1F)C1CNCCO1. The Hall–Kier alpha value is -0.980. The average Bonchev–Trinajstić information content (AvgIpc) is 2.46. The van der Waals surface area contributed by atoms with Gasteiger partial charge in [0.1, 0.15) is 11.9 Å². The summed E-state index contributed by atoms with van der Waals surface area (Å²) in [5, 5.41) is 5.92. The van der Waals surface area contributed by atoms with Gasteiger partial charge in [0.05, 0.1) is 6.61 Å². The third-order valence-corrected chi connectivity index (χ3v) is 3.65. The predicted molar refractivity (Wildman–Crippen MR) is 78.0 cm³/mol. The molecule has 6 heteroatoms. The van der Waals surface area contributed by atoms with Crippen molar-refractivity contribution in [3.8, 4) is 0 Å². The van der Waals surface area contributed by atoms with Gasteiger partial charge < -0.3 is 15.4 Å². The molecule has 1 heterocycles. The van der Waals surface area contributed by atoms with Crippen LogP contribution in [0.1, 0.15) is 12.0 Å². The van der Waals surface area contributed by atoms with Crippen LogP contribution in [0.25, 0.3) is 0 Å². The molecule has 1 amide bonds. The second-order valence-corrected chi connectivity index (χ2v) is 5.61. The zero-order valence-corrected chi connectivity index (χ0v) is 12.7. The molecule has 110 valence electrons. The highest BCUT2D eigenvalue weighted by molar-refractivity contribution is 9.10. The molecule has 1 fully saturated rings. The maximum Gasteiger partial charge on any atom is 0.250 e. The lowest BCUT2D eigenvalue weighted by Gasteiger charge is -2.22. The van der Waals surface area contributed by atoms with E-state index in [2.05, 4.69) is 26.6 Å². The van der Waals surface area contributed by atoms with E-state index < -0.39 is 6.10 Å². The van der Waals surface area contributed by atoms with Crippen molar-refractivity contribution in [2.75, 3.05) is 26.2 Å². The van der Waals surface area contributed by atoms with Crippen LogP contribution in [0.2, 0.25) is 0 Å². The van der Waals surface area contributed by atoms with Gasteiger partial charge in [-0.3, -0.25) is 4.79 Å². The molecule has 1 aromatic rings. The van der Waals surface area contributed by atoms with Gasteiger partial charge in [0.2, 0.25) is 5.91 Å². The summed E-state index contributed by atoms with van der Waals surface area (Å²) in [5.74, 6) is -0.320. The molecule has 2 N–H and O–H groups in total. The van der Waals surface area contributed by atoms with E-state index in [1.54, 1.807) is 6.07 Å². The molecule has 0 aliphatic carbocycles. The summed E-state index contributed by atoms with van der Waals surface area (Å²) < 4.78 is 19.7. The third-order valence-electron chi connectivity index (χ3n) is 3.16. The quantitative estimate of drug-likeness (QED) is 0.798. The van der Waals surface area contributed by atoms with E-state index >= 15 is 0 Å². The third kappa shape index (κ3) is 4.54. The maximum atomic E-state index is 13.6. The summed E-state index contributed by atoms with van der Waals surface area (Å²) in [6.07, 6.45) is 0.890. The van der Waals surface area contributed by atoms with Gasteiger partial charge in [-0.1, -0.05) is 22.0 Å². The summed E-state index contributed by atoms with van der Waals surface area (Å²) in [5.41, 5.74) is 0.665. The summed E-state index contributed by atoms with van der Waals surface area (Å²) in [6.45, 7) is 2.41.